The molecule has 0 aliphatic heterocycles. The van der Waals surface area contributed by atoms with Crippen LogP contribution in [0.5, 0.6) is 0 Å². The van der Waals surface area contributed by atoms with E-state index in [1.54, 1.807) is 23.1 Å². The minimum Gasteiger partial charge on any atom is -0.240 e. The van der Waals surface area contributed by atoms with Crippen LogP contribution in [0.25, 0.3) is 10.3 Å². The first-order valence-electron chi connectivity index (χ1n) is 4.52. The summed E-state index contributed by atoms with van der Waals surface area (Å²) in [4.78, 5) is 14.0. The van der Waals surface area contributed by atoms with Gasteiger partial charge in [0.15, 0.2) is 0 Å². The van der Waals surface area contributed by atoms with E-state index in [9.17, 15) is 0 Å². The number of thiazole rings is 1. The summed E-state index contributed by atoms with van der Waals surface area (Å²) in [6.45, 7) is 4.09. The van der Waals surface area contributed by atoms with Crippen LogP contribution in [0.3, 0.4) is 0 Å². The molecule has 0 atom stereocenters. The highest BCUT2D eigenvalue weighted by atomic mass is 32.2. The van der Waals surface area contributed by atoms with Crippen molar-refractivity contribution in [3.8, 4) is 0 Å². The molecule has 2 aromatic heterocycles. The molecule has 3 nitrogen and oxygen atoms in total. The van der Waals surface area contributed by atoms with Crippen molar-refractivity contribution in [3.63, 3.8) is 0 Å². The van der Waals surface area contributed by atoms with Crippen LogP contribution in [0, 0.1) is 6.92 Å². The van der Waals surface area contributed by atoms with Gasteiger partial charge in [-0.2, -0.15) is 0 Å². The SMILES string of the molecule is CCCSc1nc(C)nc2scnc12. The van der Waals surface area contributed by atoms with Crippen molar-refractivity contribution in [1.82, 2.24) is 15.0 Å². The molecule has 0 radical (unpaired) electrons. The second-order valence-electron chi connectivity index (χ2n) is 2.93. The first-order chi connectivity index (χ1) is 6.81. The molecular weight excluding hydrogens is 214 g/mol. The molecule has 0 spiro atoms. The summed E-state index contributed by atoms with van der Waals surface area (Å²) in [6, 6.07) is 0. The molecule has 0 bridgehead atoms. The van der Waals surface area contributed by atoms with Gasteiger partial charge in [0.25, 0.3) is 0 Å². The highest BCUT2D eigenvalue weighted by Gasteiger charge is 2.07. The molecule has 5 heteroatoms. The summed E-state index contributed by atoms with van der Waals surface area (Å²) in [5, 5.41) is 1.02. The van der Waals surface area contributed by atoms with Crippen molar-refractivity contribution < 1.29 is 0 Å². The molecule has 0 fully saturated rings. The summed E-state index contributed by atoms with van der Waals surface area (Å²) in [5.74, 6) is 1.92. The van der Waals surface area contributed by atoms with Crippen molar-refractivity contribution in [2.45, 2.75) is 25.3 Å². The molecule has 2 heterocycles. The number of hydrogen-bond acceptors (Lipinski definition) is 5. The van der Waals surface area contributed by atoms with E-state index in [2.05, 4.69) is 21.9 Å². The lowest BCUT2D eigenvalue weighted by molar-refractivity contribution is 1.00. The Kier molecular flexibility index (Phi) is 2.98. The van der Waals surface area contributed by atoms with E-state index in [-0.39, 0.29) is 0 Å². The van der Waals surface area contributed by atoms with Gasteiger partial charge >= 0.3 is 0 Å². The van der Waals surface area contributed by atoms with Crippen molar-refractivity contribution in [1.29, 1.82) is 0 Å². The molecule has 0 saturated heterocycles. The smallest absolute Gasteiger partial charge is 0.148 e. The fourth-order valence-corrected chi connectivity index (χ4v) is 2.79. The summed E-state index contributed by atoms with van der Waals surface area (Å²) in [6.07, 6.45) is 1.15. The zero-order valence-corrected chi connectivity index (χ0v) is 9.78. The predicted molar refractivity (Wildman–Crippen MR) is 61.0 cm³/mol. The van der Waals surface area contributed by atoms with E-state index in [4.69, 9.17) is 0 Å². The molecule has 14 heavy (non-hydrogen) atoms. The van der Waals surface area contributed by atoms with E-state index in [0.717, 1.165) is 33.4 Å². The number of aromatic nitrogens is 3. The van der Waals surface area contributed by atoms with Crippen molar-refractivity contribution in [3.05, 3.63) is 11.3 Å². The van der Waals surface area contributed by atoms with E-state index in [0.29, 0.717) is 0 Å². The summed E-state index contributed by atoms with van der Waals surface area (Å²) in [7, 11) is 0. The van der Waals surface area contributed by atoms with Crippen LogP contribution in [0.1, 0.15) is 19.2 Å². The van der Waals surface area contributed by atoms with Crippen LogP contribution in [-0.4, -0.2) is 20.7 Å². The van der Waals surface area contributed by atoms with Gasteiger partial charge in [-0.05, 0) is 19.1 Å². The molecule has 0 aliphatic carbocycles. The number of fused-ring (bicyclic) bond motifs is 1. The minimum absolute atomic E-state index is 0.834. The lowest BCUT2D eigenvalue weighted by Crippen LogP contribution is -1.91. The van der Waals surface area contributed by atoms with E-state index in [1.165, 1.54) is 0 Å². The molecule has 2 aromatic rings. The van der Waals surface area contributed by atoms with Crippen molar-refractivity contribution >= 4 is 33.4 Å². The van der Waals surface area contributed by atoms with Crippen molar-refractivity contribution in [2.75, 3.05) is 5.75 Å². The van der Waals surface area contributed by atoms with Crippen LogP contribution in [-0.2, 0) is 0 Å². The summed E-state index contributed by atoms with van der Waals surface area (Å²) < 4.78 is 0. The highest BCUT2D eigenvalue weighted by molar-refractivity contribution is 7.99. The summed E-state index contributed by atoms with van der Waals surface area (Å²) in [5.41, 5.74) is 2.79. The molecule has 0 aromatic carbocycles. The average Bonchev–Trinajstić information content (AvgIpc) is 2.61. The molecule has 74 valence electrons. The molecule has 0 aliphatic rings. The Labute approximate surface area is 91.0 Å². The van der Waals surface area contributed by atoms with Crippen LogP contribution in [0.2, 0.25) is 0 Å². The van der Waals surface area contributed by atoms with Gasteiger partial charge in [0.1, 0.15) is 21.2 Å². The maximum Gasteiger partial charge on any atom is 0.148 e. The lowest BCUT2D eigenvalue weighted by atomic mass is 10.5. The van der Waals surface area contributed by atoms with Gasteiger partial charge in [-0.25, -0.2) is 15.0 Å². The van der Waals surface area contributed by atoms with Gasteiger partial charge in [-0.15, -0.1) is 23.1 Å². The summed E-state index contributed by atoms with van der Waals surface area (Å²) >= 11 is 3.34. The van der Waals surface area contributed by atoms with E-state index < -0.39 is 0 Å². The fourth-order valence-electron chi connectivity index (χ4n) is 1.14. The molecule has 0 saturated carbocycles. The minimum atomic E-state index is 0.834. The molecule has 0 amide bonds. The molecular formula is C9H11N3S2. The zero-order chi connectivity index (χ0) is 9.97. The van der Waals surface area contributed by atoms with Crippen LogP contribution in [0.4, 0.5) is 0 Å². The zero-order valence-electron chi connectivity index (χ0n) is 8.15. The maximum absolute atomic E-state index is 4.41. The average molecular weight is 225 g/mol. The number of aryl methyl sites for hydroxylation is 1. The second-order valence-corrected chi connectivity index (χ2v) is 4.85. The Morgan fingerprint density at radius 1 is 1.43 bits per heavy atom. The Bertz CT molecular complexity index is 439. The first kappa shape index (κ1) is 9.86. The number of rotatable bonds is 3. The monoisotopic (exact) mass is 225 g/mol. The van der Waals surface area contributed by atoms with Crippen LogP contribution < -0.4 is 0 Å². The topological polar surface area (TPSA) is 38.7 Å². The third-order valence-corrected chi connectivity index (χ3v) is 3.61. The van der Waals surface area contributed by atoms with Gasteiger partial charge < -0.3 is 0 Å². The van der Waals surface area contributed by atoms with Gasteiger partial charge in [-0.3, -0.25) is 0 Å². The van der Waals surface area contributed by atoms with Crippen molar-refractivity contribution in [2.24, 2.45) is 0 Å². The molecule has 0 unspecified atom stereocenters. The Hall–Kier alpha value is -0.680. The van der Waals surface area contributed by atoms with E-state index >= 15 is 0 Å². The molecule has 0 N–H and O–H groups in total. The van der Waals surface area contributed by atoms with Gasteiger partial charge in [-0.1, -0.05) is 6.92 Å². The predicted octanol–water partition coefficient (Wildman–Crippen LogP) is 2.90. The standard InChI is InChI=1S/C9H11N3S2/c1-3-4-13-8-7-9(14-5-10-7)12-6(2)11-8/h5H,3-4H2,1-2H3. The first-order valence-corrected chi connectivity index (χ1v) is 6.38. The Morgan fingerprint density at radius 2 is 2.29 bits per heavy atom. The fraction of sp³-hybridized carbons (Fsp3) is 0.444. The number of nitrogens with zero attached hydrogens (tertiary/aromatic N) is 3. The number of hydrogen-bond donors (Lipinski definition) is 0. The normalized spacial score (nSPS) is 11.0. The van der Waals surface area contributed by atoms with Gasteiger partial charge in [0, 0.05) is 0 Å². The third kappa shape index (κ3) is 1.88. The Morgan fingerprint density at radius 3 is 3.07 bits per heavy atom. The quantitative estimate of drug-likeness (QED) is 0.594. The Balaban J connectivity index is 2.44. The molecule has 2 rings (SSSR count). The maximum atomic E-state index is 4.41. The van der Waals surface area contributed by atoms with Gasteiger partial charge in [0.05, 0.1) is 5.51 Å². The second kappa shape index (κ2) is 4.23. The largest absolute Gasteiger partial charge is 0.240 e. The highest BCUT2D eigenvalue weighted by Crippen LogP contribution is 2.26. The third-order valence-electron chi connectivity index (χ3n) is 1.72. The van der Waals surface area contributed by atoms with Crippen LogP contribution >= 0.6 is 23.1 Å². The number of thioether (sulfide) groups is 1. The lowest BCUT2D eigenvalue weighted by Gasteiger charge is -2.00. The van der Waals surface area contributed by atoms with Crippen LogP contribution in [0.15, 0.2) is 10.5 Å². The van der Waals surface area contributed by atoms with E-state index in [1.807, 2.05) is 12.4 Å². The van der Waals surface area contributed by atoms with Gasteiger partial charge in [0.2, 0.25) is 0 Å².